The number of Topliss-reactive ketones (excluding diaryl/α,β-unsaturated/α-hetero) is 1. The number of esters is 1. The zero-order valence-corrected chi connectivity index (χ0v) is 16.5. The lowest BCUT2D eigenvalue weighted by Crippen LogP contribution is -2.45. The SMILES string of the molecule is C[C@H](OC(=O)[C@H](C)N1C(=O)[C@H]2CCCC[C@@H]2C1=O)C(=O)c1c[nH]c2ccccc12. The van der Waals surface area contributed by atoms with Gasteiger partial charge in [-0.15, -0.1) is 0 Å². The molecule has 1 aromatic heterocycles. The third-order valence-corrected chi connectivity index (χ3v) is 6.12. The molecule has 2 aromatic rings. The van der Waals surface area contributed by atoms with E-state index >= 15 is 0 Å². The van der Waals surface area contributed by atoms with E-state index in [4.69, 9.17) is 4.74 Å². The number of rotatable bonds is 5. The van der Waals surface area contributed by atoms with Gasteiger partial charge in [0.1, 0.15) is 6.04 Å². The number of likely N-dealkylation sites (tertiary alicyclic amines) is 1. The van der Waals surface area contributed by atoms with Crippen LogP contribution >= 0.6 is 0 Å². The number of para-hydroxylation sites is 1. The van der Waals surface area contributed by atoms with E-state index in [0.29, 0.717) is 18.4 Å². The highest BCUT2D eigenvalue weighted by molar-refractivity contribution is 6.11. The summed E-state index contributed by atoms with van der Waals surface area (Å²) in [5.74, 6) is -2.31. The molecule has 1 saturated heterocycles. The second-order valence-corrected chi connectivity index (χ2v) is 7.91. The predicted octanol–water partition coefficient (Wildman–Crippen LogP) is 2.85. The first-order valence-electron chi connectivity index (χ1n) is 10.1. The number of H-pyrrole nitrogens is 1. The van der Waals surface area contributed by atoms with Crippen LogP contribution in [-0.4, -0.2) is 45.6 Å². The quantitative estimate of drug-likeness (QED) is 0.476. The summed E-state index contributed by atoms with van der Waals surface area (Å²) in [5, 5.41) is 0.752. The molecule has 7 heteroatoms. The maximum Gasteiger partial charge on any atom is 0.329 e. The fourth-order valence-corrected chi connectivity index (χ4v) is 4.50. The fraction of sp³-hybridized carbons (Fsp3) is 0.455. The number of ketones is 1. The van der Waals surface area contributed by atoms with E-state index in [1.165, 1.54) is 13.8 Å². The van der Waals surface area contributed by atoms with Crippen molar-refractivity contribution in [2.45, 2.75) is 51.7 Å². The maximum atomic E-state index is 12.8. The standard InChI is InChI=1S/C22H24N2O5/c1-12(24-20(26)15-8-3-4-9-16(15)21(24)27)22(28)29-13(2)19(25)17-11-23-18-10-6-5-7-14(17)18/h5-7,10-13,15-16,23H,3-4,8-9H2,1-2H3/t12-,13-,15-,16-/m0/s1. The van der Waals surface area contributed by atoms with Crippen LogP contribution in [-0.2, 0) is 19.1 Å². The monoisotopic (exact) mass is 396 g/mol. The Bertz CT molecular complexity index is 970. The Balaban J connectivity index is 1.46. The molecule has 2 heterocycles. The molecule has 0 spiro atoms. The highest BCUT2D eigenvalue weighted by Crippen LogP contribution is 2.39. The molecule has 29 heavy (non-hydrogen) atoms. The van der Waals surface area contributed by atoms with Crippen molar-refractivity contribution in [2.24, 2.45) is 11.8 Å². The normalized spacial score (nSPS) is 23.7. The number of aromatic nitrogens is 1. The van der Waals surface area contributed by atoms with Gasteiger partial charge in [0.15, 0.2) is 6.10 Å². The molecule has 1 saturated carbocycles. The molecule has 2 fully saturated rings. The molecule has 4 rings (SSSR count). The molecule has 2 amide bonds. The maximum absolute atomic E-state index is 12.8. The summed E-state index contributed by atoms with van der Waals surface area (Å²) in [5.41, 5.74) is 1.26. The van der Waals surface area contributed by atoms with E-state index in [1.807, 2.05) is 24.3 Å². The Morgan fingerprint density at radius 1 is 1.07 bits per heavy atom. The Hall–Kier alpha value is -2.96. The molecule has 1 aliphatic carbocycles. The van der Waals surface area contributed by atoms with E-state index in [1.54, 1.807) is 6.20 Å². The largest absolute Gasteiger partial charge is 0.453 e. The second kappa shape index (κ2) is 7.46. The van der Waals surface area contributed by atoms with Crippen LogP contribution in [0.4, 0.5) is 0 Å². The molecule has 2 aliphatic rings. The summed E-state index contributed by atoms with van der Waals surface area (Å²) >= 11 is 0. The molecule has 4 atom stereocenters. The number of imide groups is 1. The van der Waals surface area contributed by atoms with Gasteiger partial charge in [0.2, 0.25) is 17.6 Å². The minimum absolute atomic E-state index is 0.292. The molecule has 7 nitrogen and oxygen atoms in total. The predicted molar refractivity (Wildman–Crippen MR) is 105 cm³/mol. The van der Waals surface area contributed by atoms with Crippen LogP contribution in [0.1, 0.15) is 49.9 Å². The van der Waals surface area contributed by atoms with E-state index in [-0.39, 0.29) is 29.4 Å². The highest BCUT2D eigenvalue weighted by Gasteiger charge is 2.51. The van der Waals surface area contributed by atoms with Gasteiger partial charge in [-0.2, -0.15) is 0 Å². The zero-order valence-electron chi connectivity index (χ0n) is 16.5. The van der Waals surface area contributed by atoms with Gasteiger partial charge in [0.05, 0.1) is 11.8 Å². The average molecular weight is 396 g/mol. The van der Waals surface area contributed by atoms with Crippen LogP contribution in [0.2, 0.25) is 0 Å². The zero-order chi connectivity index (χ0) is 20.7. The van der Waals surface area contributed by atoms with Gasteiger partial charge in [-0.3, -0.25) is 19.3 Å². The Kier molecular flexibility index (Phi) is 4.98. The lowest BCUT2D eigenvalue weighted by molar-refractivity contribution is -0.159. The average Bonchev–Trinajstić information content (AvgIpc) is 3.26. The second-order valence-electron chi connectivity index (χ2n) is 7.91. The van der Waals surface area contributed by atoms with E-state index in [2.05, 4.69) is 4.98 Å². The first-order valence-corrected chi connectivity index (χ1v) is 10.1. The summed E-state index contributed by atoms with van der Waals surface area (Å²) in [6.07, 6.45) is 3.77. The molecule has 152 valence electrons. The van der Waals surface area contributed by atoms with Crippen LogP contribution in [0, 0.1) is 11.8 Å². The van der Waals surface area contributed by atoms with E-state index in [0.717, 1.165) is 28.6 Å². The smallest absolute Gasteiger partial charge is 0.329 e. The number of amides is 2. The molecular weight excluding hydrogens is 372 g/mol. The fourth-order valence-electron chi connectivity index (χ4n) is 4.50. The summed E-state index contributed by atoms with van der Waals surface area (Å²) < 4.78 is 5.36. The molecule has 0 radical (unpaired) electrons. The Morgan fingerprint density at radius 3 is 2.34 bits per heavy atom. The third-order valence-electron chi connectivity index (χ3n) is 6.12. The summed E-state index contributed by atoms with van der Waals surface area (Å²) in [6.45, 7) is 2.99. The van der Waals surface area contributed by atoms with Crippen molar-refractivity contribution in [1.82, 2.24) is 9.88 Å². The molecule has 0 bridgehead atoms. The van der Waals surface area contributed by atoms with E-state index < -0.39 is 18.1 Å². The van der Waals surface area contributed by atoms with Crippen LogP contribution in [0.25, 0.3) is 10.9 Å². The number of benzene rings is 1. The van der Waals surface area contributed by atoms with Gasteiger partial charge in [0, 0.05) is 22.7 Å². The minimum Gasteiger partial charge on any atom is -0.453 e. The molecule has 1 aromatic carbocycles. The minimum atomic E-state index is -1.04. The van der Waals surface area contributed by atoms with Gasteiger partial charge < -0.3 is 9.72 Å². The highest BCUT2D eigenvalue weighted by atomic mass is 16.5. The van der Waals surface area contributed by atoms with Crippen LogP contribution < -0.4 is 0 Å². The lowest BCUT2D eigenvalue weighted by atomic mass is 9.81. The number of carbonyl (C=O) groups excluding carboxylic acids is 4. The van der Waals surface area contributed by atoms with Crippen molar-refractivity contribution in [1.29, 1.82) is 0 Å². The molecular formula is C22H24N2O5. The van der Waals surface area contributed by atoms with Crippen molar-refractivity contribution >= 4 is 34.5 Å². The Morgan fingerprint density at radius 2 is 1.69 bits per heavy atom. The van der Waals surface area contributed by atoms with Gasteiger partial charge in [-0.05, 0) is 32.8 Å². The number of hydrogen-bond acceptors (Lipinski definition) is 5. The lowest BCUT2D eigenvalue weighted by Gasteiger charge is -2.23. The number of carbonyl (C=O) groups is 4. The van der Waals surface area contributed by atoms with Crippen LogP contribution in [0.3, 0.4) is 0 Å². The third kappa shape index (κ3) is 3.24. The van der Waals surface area contributed by atoms with E-state index in [9.17, 15) is 19.2 Å². The first-order chi connectivity index (χ1) is 13.9. The van der Waals surface area contributed by atoms with Crippen molar-refractivity contribution in [3.63, 3.8) is 0 Å². The van der Waals surface area contributed by atoms with Crippen molar-refractivity contribution in [3.05, 3.63) is 36.0 Å². The molecule has 1 N–H and O–H groups in total. The van der Waals surface area contributed by atoms with Crippen molar-refractivity contribution in [2.75, 3.05) is 0 Å². The van der Waals surface area contributed by atoms with Gasteiger partial charge in [0.25, 0.3) is 0 Å². The van der Waals surface area contributed by atoms with Crippen molar-refractivity contribution in [3.8, 4) is 0 Å². The first kappa shape index (κ1) is 19.4. The Labute approximate surface area is 168 Å². The summed E-state index contributed by atoms with van der Waals surface area (Å²) in [4.78, 5) is 54.9. The topological polar surface area (TPSA) is 96.5 Å². The molecule has 1 aliphatic heterocycles. The number of fused-ring (bicyclic) bond motifs is 2. The number of hydrogen-bond donors (Lipinski definition) is 1. The van der Waals surface area contributed by atoms with Gasteiger partial charge >= 0.3 is 5.97 Å². The number of ether oxygens (including phenoxy) is 1. The van der Waals surface area contributed by atoms with Crippen LogP contribution in [0.15, 0.2) is 30.5 Å². The van der Waals surface area contributed by atoms with Crippen molar-refractivity contribution < 1.29 is 23.9 Å². The number of aromatic amines is 1. The summed E-state index contributed by atoms with van der Waals surface area (Å²) in [6, 6.07) is 6.32. The van der Waals surface area contributed by atoms with Gasteiger partial charge in [-0.25, -0.2) is 4.79 Å². The summed E-state index contributed by atoms with van der Waals surface area (Å²) in [7, 11) is 0. The van der Waals surface area contributed by atoms with Crippen LogP contribution in [0.5, 0.6) is 0 Å². The van der Waals surface area contributed by atoms with Gasteiger partial charge in [-0.1, -0.05) is 31.0 Å². The number of nitrogens with zero attached hydrogens (tertiary/aromatic N) is 1. The molecule has 0 unspecified atom stereocenters. The number of nitrogens with one attached hydrogen (secondary N) is 1.